The molecule has 2 N–H and O–H groups in total. The predicted molar refractivity (Wildman–Crippen MR) is 131 cm³/mol. The first-order valence-corrected chi connectivity index (χ1v) is 17.7. The van der Waals surface area contributed by atoms with Crippen molar-refractivity contribution >= 4 is 57.3 Å². The van der Waals surface area contributed by atoms with Crippen LogP contribution in [0, 0.1) is 0 Å². The van der Waals surface area contributed by atoms with Gasteiger partial charge in [0.05, 0.1) is 18.3 Å². The Hall–Kier alpha value is -1.62. The molecular formula is C20H29Cl2N5OSi2. The van der Waals surface area contributed by atoms with Crippen molar-refractivity contribution in [1.82, 2.24) is 14.9 Å². The molecule has 0 radical (unpaired) electrons. The third-order valence-corrected chi connectivity index (χ3v) is 6.98. The SMILES string of the molecule is CC1c2nc(N[Si](C)(C)C)nc(N[Si](C)(C)C)c2CN1C(=O)c1cc(Cl)cc(Cl)c1. The summed E-state index contributed by atoms with van der Waals surface area (Å²) in [5.41, 5.74) is 2.33. The molecule has 2 aromatic rings. The van der Waals surface area contributed by atoms with E-state index in [0.29, 0.717) is 28.1 Å². The second-order valence-electron chi connectivity index (χ2n) is 9.78. The number of aromatic nitrogens is 2. The molecule has 3 rings (SSSR count). The zero-order valence-corrected chi connectivity index (χ0v) is 22.0. The highest BCUT2D eigenvalue weighted by atomic mass is 35.5. The van der Waals surface area contributed by atoms with E-state index < -0.39 is 16.5 Å². The summed E-state index contributed by atoms with van der Waals surface area (Å²) in [4.78, 5) is 31.8. The van der Waals surface area contributed by atoms with E-state index in [-0.39, 0.29) is 11.9 Å². The maximum absolute atomic E-state index is 13.3. The maximum Gasteiger partial charge on any atom is 0.254 e. The van der Waals surface area contributed by atoms with E-state index in [2.05, 4.69) is 49.2 Å². The molecule has 1 aromatic carbocycles. The summed E-state index contributed by atoms with van der Waals surface area (Å²) in [5.74, 6) is 1.33. The van der Waals surface area contributed by atoms with Gasteiger partial charge >= 0.3 is 0 Å². The van der Waals surface area contributed by atoms with Crippen molar-refractivity contribution < 1.29 is 4.79 Å². The highest BCUT2D eigenvalue weighted by molar-refractivity contribution is 6.79. The highest BCUT2D eigenvalue weighted by Gasteiger charge is 2.36. The first kappa shape index (κ1) is 23.1. The number of carbonyl (C=O) groups is 1. The normalized spacial score (nSPS) is 16.4. The molecule has 1 aliphatic rings. The van der Waals surface area contributed by atoms with Gasteiger partial charge in [-0.05, 0) is 25.1 Å². The Morgan fingerprint density at radius 3 is 2.10 bits per heavy atom. The molecule has 10 heteroatoms. The van der Waals surface area contributed by atoms with Crippen LogP contribution in [0.3, 0.4) is 0 Å². The average molecular weight is 483 g/mol. The number of amides is 1. The van der Waals surface area contributed by atoms with Gasteiger partial charge in [0.25, 0.3) is 5.91 Å². The van der Waals surface area contributed by atoms with Crippen LogP contribution >= 0.6 is 23.2 Å². The number of hydrogen-bond donors (Lipinski definition) is 2. The fraction of sp³-hybridized carbons (Fsp3) is 0.450. The van der Waals surface area contributed by atoms with Crippen LogP contribution in [0.1, 0.15) is 34.6 Å². The molecule has 1 unspecified atom stereocenters. The van der Waals surface area contributed by atoms with Crippen LogP contribution in [0.4, 0.5) is 11.8 Å². The molecule has 0 aliphatic carbocycles. The molecule has 0 fully saturated rings. The van der Waals surface area contributed by atoms with Gasteiger partial charge in [-0.15, -0.1) is 0 Å². The molecular weight excluding hydrogens is 453 g/mol. The number of fused-ring (bicyclic) bond motifs is 1. The van der Waals surface area contributed by atoms with Crippen LogP contribution in [0.5, 0.6) is 0 Å². The fourth-order valence-corrected chi connectivity index (χ4v) is 5.62. The minimum absolute atomic E-state index is 0.122. The number of anilines is 2. The topological polar surface area (TPSA) is 70.2 Å². The summed E-state index contributed by atoms with van der Waals surface area (Å²) in [6.45, 7) is 15.7. The summed E-state index contributed by atoms with van der Waals surface area (Å²) in [5, 5.41) is 0.885. The average Bonchev–Trinajstić information content (AvgIpc) is 2.88. The van der Waals surface area contributed by atoms with Crippen LogP contribution in [0.15, 0.2) is 18.2 Å². The second-order valence-corrected chi connectivity index (χ2v) is 20.1. The molecule has 0 bridgehead atoms. The summed E-state index contributed by atoms with van der Waals surface area (Å²) in [6, 6.07) is 4.74. The van der Waals surface area contributed by atoms with Crippen molar-refractivity contribution in [2.75, 3.05) is 9.96 Å². The number of nitrogens with one attached hydrogen (secondary N) is 2. The van der Waals surface area contributed by atoms with Gasteiger partial charge in [0, 0.05) is 21.2 Å². The molecule has 1 amide bonds. The lowest BCUT2D eigenvalue weighted by Crippen LogP contribution is -2.35. The number of carbonyl (C=O) groups excluding carboxylic acids is 1. The first-order chi connectivity index (χ1) is 13.7. The van der Waals surface area contributed by atoms with E-state index in [1.54, 1.807) is 23.1 Å². The fourth-order valence-electron chi connectivity index (χ4n) is 3.40. The van der Waals surface area contributed by atoms with Gasteiger partial charge in [-0.3, -0.25) is 4.79 Å². The molecule has 162 valence electrons. The molecule has 1 aromatic heterocycles. The van der Waals surface area contributed by atoms with E-state index in [1.165, 1.54) is 0 Å². The first-order valence-electron chi connectivity index (χ1n) is 9.98. The molecule has 1 aliphatic heterocycles. The van der Waals surface area contributed by atoms with Crippen molar-refractivity contribution in [1.29, 1.82) is 0 Å². The van der Waals surface area contributed by atoms with Gasteiger partial charge in [-0.2, -0.15) is 4.98 Å². The minimum atomic E-state index is -1.67. The zero-order valence-electron chi connectivity index (χ0n) is 18.5. The number of benzene rings is 1. The molecule has 0 saturated heterocycles. The van der Waals surface area contributed by atoms with Crippen molar-refractivity contribution in [3.05, 3.63) is 45.1 Å². The van der Waals surface area contributed by atoms with Crippen molar-refractivity contribution in [2.45, 2.75) is 58.8 Å². The van der Waals surface area contributed by atoms with Crippen LogP contribution < -0.4 is 9.96 Å². The Morgan fingerprint density at radius 2 is 1.57 bits per heavy atom. The summed E-state index contributed by atoms with van der Waals surface area (Å²) < 4.78 is 0. The van der Waals surface area contributed by atoms with Crippen LogP contribution in [0.25, 0.3) is 0 Å². The Labute approximate surface area is 190 Å². The zero-order chi connectivity index (χ0) is 22.4. The molecule has 2 heterocycles. The monoisotopic (exact) mass is 481 g/mol. The van der Waals surface area contributed by atoms with Crippen LogP contribution in [-0.4, -0.2) is 37.2 Å². The van der Waals surface area contributed by atoms with Crippen molar-refractivity contribution in [2.24, 2.45) is 0 Å². The van der Waals surface area contributed by atoms with Gasteiger partial charge in [0.15, 0.2) is 0 Å². The van der Waals surface area contributed by atoms with Gasteiger partial charge in [0.2, 0.25) is 5.95 Å². The largest absolute Gasteiger partial charge is 0.395 e. The number of rotatable bonds is 5. The van der Waals surface area contributed by atoms with E-state index in [4.69, 9.17) is 33.2 Å². The Balaban J connectivity index is 2.02. The third kappa shape index (κ3) is 5.35. The number of halogens is 2. The molecule has 30 heavy (non-hydrogen) atoms. The van der Waals surface area contributed by atoms with Gasteiger partial charge in [0.1, 0.15) is 22.3 Å². The molecule has 0 spiro atoms. The standard InChI is InChI=1S/C20H29Cl2N5OSi2/c1-12-17-16(11-27(12)19(28)13-8-14(21)10-15(22)9-13)18(25-29(2,3)4)24-20(23-17)26-30(5,6)7/h8-10,12H,11H2,1-7H3,(H2,23,24,25,26). The van der Waals surface area contributed by atoms with E-state index >= 15 is 0 Å². The summed E-state index contributed by atoms with van der Waals surface area (Å²) in [6.07, 6.45) is 0. The smallest absolute Gasteiger partial charge is 0.254 e. The lowest BCUT2D eigenvalue weighted by atomic mass is 10.1. The lowest BCUT2D eigenvalue weighted by Gasteiger charge is -2.23. The summed E-state index contributed by atoms with van der Waals surface area (Å²) >= 11 is 12.2. The Kier molecular flexibility index (Phi) is 6.26. The minimum Gasteiger partial charge on any atom is -0.395 e. The van der Waals surface area contributed by atoms with Gasteiger partial charge < -0.3 is 14.9 Å². The van der Waals surface area contributed by atoms with Gasteiger partial charge in [-0.1, -0.05) is 62.5 Å². The highest BCUT2D eigenvalue weighted by Crippen LogP contribution is 2.38. The molecule has 6 nitrogen and oxygen atoms in total. The van der Waals surface area contributed by atoms with Crippen LogP contribution in [-0.2, 0) is 6.54 Å². The Bertz CT molecular complexity index is 968. The van der Waals surface area contributed by atoms with Crippen molar-refractivity contribution in [3.63, 3.8) is 0 Å². The van der Waals surface area contributed by atoms with Gasteiger partial charge in [-0.25, -0.2) is 4.98 Å². The van der Waals surface area contributed by atoms with E-state index in [0.717, 1.165) is 17.1 Å². The third-order valence-electron chi connectivity index (χ3n) is 4.58. The predicted octanol–water partition coefficient (Wildman–Crippen LogP) is 5.99. The Morgan fingerprint density at radius 1 is 1.00 bits per heavy atom. The maximum atomic E-state index is 13.3. The van der Waals surface area contributed by atoms with E-state index in [9.17, 15) is 4.79 Å². The second kappa shape index (κ2) is 8.14. The molecule has 0 saturated carbocycles. The quantitative estimate of drug-likeness (QED) is 0.512. The number of hydrogen-bond acceptors (Lipinski definition) is 5. The molecule has 1 atom stereocenters. The lowest BCUT2D eigenvalue weighted by molar-refractivity contribution is 0.0703. The number of nitrogens with zero attached hydrogens (tertiary/aromatic N) is 3. The van der Waals surface area contributed by atoms with Crippen molar-refractivity contribution in [3.8, 4) is 0 Å². The summed E-state index contributed by atoms with van der Waals surface area (Å²) in [7, 11) is -3.31. The van der Waals surface area contributed by atoms with E-state index in [1.807, 2.05) is 6.92 Å². The van der Waals surface area contributed by atoms with Crippen LogP contribution in [0.2, 0.25) is 49.3 Å².